The van der Waals surface area contributed by atoms with Crippen LogP contribution in [0.15, 0.2) is 23.1 Å². The lowest BCUT2D eigenvalue weighted by atomic mass is 10.2. The Labute approximate surface area is 115 Å². The van der Waals surface area contributed by atoms with Gasteiger partial charge in [0.05, 0.1) is 11.5 Å². The SMILES string of the molecule is CSc1ccc([N+](=O)[O-])c(C(=O)NOCC(C)C)c1. The summed E-state index contributed by atoms with van der Waals surface area (Å²) in [6, 6.07) is 4.41. The summed E-state index contributed by atoms with van der Waals surface area (Å²) in [4.78, 5) is 27.9. The number of carbonyl (C=O) groups excluding carboxylic acids is 1. The number of thioether (sulfide) groups is 1. The first-order valence-corrected chi connectivity index (χ1v) is 6.92. The van der Waals surface area contributed by atoms with Crippen molar-refractivity contribution in [2.75, 3.05) is 12.9 Å². The van der Waals surface area contributed by atoms with Gasteiger partial charge in [-0.25, -0.2) is 5.48 Å². The van der Waals surface area contributed by atoms with Crippen molar-refractivity contribution in [2.24, 2.45) is 5.92 Å². The fourth-order valence-corrected chi connectivity index (χ4v) is 1.75. The lowest BCUT2D eigenvalue weighted by Crippen LogP contribution is -2.26. The average molecular weight is 284 g/mol. The molecule has 0 saturated heterocycles. The van der Waals surface area contributed by atoms with Crippen molar-refractivity contribution in [1.29, 1.82) is 0 Å². The third kappa shape index (κ3) is 4.53. The molecule has 0 fully saturated rings. The first kappa shape index (κ1) is 15.5. The summed E-state index contributed by atoms with van der Waals surface area (Å²) in [5.41, 5.74) is 1.99. The van der Waals surface area contributed by atoms with Crippen molar-refractivity contribution in [3.8, 4) is 0 Å². The molecule has 0 heterocycles. The summed E-state index contributed by atoms with van der Waals surface area (Å²) in [6.07, 6.45) is 1.83. The summed E-state index contributed by atoms with van der Waals surface area (Å²) in [6.45, 7) is 4.22. The Kier molecular flexibility index (Phi) is 5.78. The predicted octanol–water partition coefficient (Wildman–Crippen LogP) is 2.63. The molecule has 6 nitrogen and oxygen atoms in total. The van der Waals surface area contributed by atoms with Crippen LogP contribution >= 0.6 is 11.8 Å². The minimum absolute atomic E-state index is 0.000561. The number of nitro groups is 1. The molecule has 0 atom stereocenters. The Balaban J connectivity index is 2.89. The first-order valence-electron chi connectivity index (χ1n) is 5.70. The van der Waals surface area contributed by atoms with Crippen LogP contribution < -0.4 is 5.48 Å². The Morgan fingerprint density at radius 3 is 2.74 bits per heavy atom. The van der Waals surface area contributed by atoms with Gasteiger partial charge in [0, 0.05) is 11.0 Å². The summed E-state index contributed by atoms with van der Waals surface area (Å²) >= 11 is 1.41. The van der Waals surface area contributed by atoms with E-state index in [2.05, 4.69) is 5.48 Å². The quantitative estimate of drug-likeness (QED) is 0.493. The molecule has 0 radical (unpaired) electrons. The molecule has 104 valence electrons. The van der Waals surface area contributed by atoms with E-state index in [1.54, 1.807) is 6.07 Å². The van der Waals surface area contributed by atoms with E-state index >= 15 is 0 Å². The molecular weight excluding hydrogens is 268 g/mol. The van der Waals surface area contributed by atoms with Gasteiger partial charge in [0.1, 0.15) is 5.56 Å². The van der Waals surface area contributed by atoms with E-state index in [0.29, 0.717) is 6.61 Å². The highest BCUT2D eigenvalue weighted by Crippen LogP contribution is 2.24. The van der Waals surface area contributed by atoms with Gasteiger partial charge in [0.15, 0.2) is 0 Å². The van der Waals surface area contributed by atoms with Crippen LogP contribution in [0.25, 0.3) is 0 Å². The minimum Gasteiger partial charge on any atom is -0.273 e. The predicted molar refractivity (Wildman–Crippen MR) is 73.1 cm³/mol. The summed E-state index contributed by atoms with van der Waals surface area (Å²) in [7, 11) is 0. The van der Waals surface area contributed by atoms with E-state index in [1.165, 1.54) is 23.9 Å². The molecule has 0 bridgehead atoms. The van der Waals surface area contributed by atoms with Gasteiger partial charge in [-0.15, -0.1) is 11.8 Å². The molecule has 1 rings (SSSR count). The van der Waals surface area contributed by atoms with E-state index in [-0.39, 0.29) is 17.2 Å². The van der Waals surface area contributed by atoms with Crippen LogP contribution in [0.1, 0.15) is 24.2 Å². The van der Waals surface area contributed by atoms with E-state index in [9.17, 15) is 14.9 Å². The molecule has 19 heavy (non-hydrogen) atoms. The lowest BCUT2D eigenvalue weighted by Gasteiger charge is -2.08. The Morgan fingerprint density at radius 1 is 1.53 bits per heavy atom. The maximum absolute atomic E-state index is 11.9. The second kappa shape index (κ2) is 7.10. The van der Waals surface area contributed by atoms with Crippen molar-refractivity contribution in [3.05, 3.63) is 33.9 Å². The number of amides is 1. The van der Waals surface area contributed by atoms with Crippen molar-refractivity contribution in [2.45, 2.75) is 18.7 Å². The van der Waals surface area contributed by atoms with Crippen LogP contribution in [0.4, 0.5) is 5.69 Å². The molecule has 1 aromatic carbocycles. The summed E-state index contributed by atoms with van der Waals surface area (Å²) in [5.74, 6) is -0.351. The zero-order valence-corrected chi connectivity index (χ0v) is 11.8. The van der Waals surface area contributed by atoms with Crippen LogP contribution in [-0.4, -0.2) is 23.7 Å². The highest BCUT2D eigenvalue weighted by Gasteiger charge is 2.20. The van der Waals surface area contributed by atoms with E-state index in [4.69, 9.17) is 4.84 Å². The molecule has 0 saturated carbocycles. The number of nitro benzene ring substituents is 1. The Morgan fingerprint density at radius 2 is 2.21 bits per heavy atom. The van der Waals surface area contributed by atoms with Crippen LogP contribution in [-0.2, 0) is 4.84 Å². The van der Waals surface area contributed by atoms with E-state index in [0.717, 1.165) is 4.90 Å². The molecule has 1 aromatic rings. The third-order valence-corrected chi connectivity index (χ3v) is 2.95. The number of nitrogens with one attached hydrogen (secondary N) is 1. The van der Waals surface area contributed by atoms with Gasteiger partial charge in [-0.2, -0.15) is 0 Å². The van der Waals surface area contributed by atoms with Gasteiger partial charge in [0.25, 0.3) is 11.6 Å². The number of hydroxylamine groups is 1. The molecule has 7 heteroatoms. The molecule has 0 unspecified atom stereocenters. The molecule has 1 amide bonds. The van der Waals surface area contributed by atoms with Gasteiger partial charge in [-0.05, 0) is 24.3 Å². The van der Waals surface area contributed by atoms with E-state index < -0.39 is 10.8 Å². The van der Waals surface area contributed by atoms with Crippen molar-refractivity contribution in [1.82, 2.24) is 5.48 Å². The topological polar surface area (TPSA) is 81.5 Å². The molecule has 0 aliphatic rings. The molecule has 1 N–H and O–H groups in total. The summed E-state index contributed by atoms with van der Waals surface area (Å²) < 4.78 is 0. The maximum atomic E-state index is 11.9. The molecular formula is C12H16N2O4S. The number of hydrogen-bond donors (Lipinski definition) is 1. The largest absolute Gasteiger partial charge is 0.282 e. The Bertz CT molecular complexity index is 477. The fraction of sp³-hybridized carbons (Fsp3) is 0.417. The number of rotatable bonds is 6. The Hall–Kier alpha value is -1.60. The molecule has 0 aliphatic heterocycles. The van der Waals surface area contributed by atoms with Crippen molar-refractivity contribution < 1.29 is 14.6 Å². The van der Waals surface area contributed by atoms with Gasteiger partial charge < -0.3 is 0 Å². The van der Waals surface area contributed by atoms with Crippen LogP contribution in [0, 0.1) is 16.0 Å². The molecule has 0 spiro atoms. The summed E-state index contributed by atoms with van der Waals surface area (Å²) in [5, 5.41) is 10.9. The smallest absolute Gasteiger partial charge is 0.273 e. The van der Waals surface area contributed by atoms with Crippen LogP contribution in [0.3, 0.4) is 0 Å². The van der Waals surface area contributed by atoms with Crippen molar-refractivity contribution in [3.63, 3.8) is 0 Å². The zero-order valence-electron chi connectivity index (χ0n) is 11.0. The highest BCUT2D eigenvalue weighted by molar-refractivity contribution is 7.98. The number of benzene rings is 1. The highest BCUT2D eigenvalue weighted by atomic mass is 32.2. The van der Waals surface area contributed by atoms with Crippen LogP contribution in [0.2, 0.25) is 0 Å². The van der Waals surface area contributed by atoms with Gasteiger partial charge in [-0.1, -0.05) is 13.8 Å². The third-order valence-electron chi connectivity index (χ3n) is 2.23. The normalized spacial score (nSPS) is 10.5. The number of hydrogen-bond acceptors (Lipinski definition) is 5. The van der Waals surface area contributed by atoms with Crippen molar-refractivity contribution >= 4 is 23.4 Å². The van der Waals surface area contributed by atoms with Gasteiger partial charge in [0.2, 0.25) is 0 Å². The van der Waals surface area contributed by atoms with Crippen LogP contribution in [0.5, 0.6) is 0 Å². The minimum atomic E-state index is -0.608. The fourth-order valence-electron chi connectivity index (χ4n) is 1.31. The number of carbonyl (C=O) groups is 1. The standard InChI is InChI=1S/C12H16N2O4S/c1-8(2)7-18-13-12(15)10-6-9(19-3)4-5-11(10)14(16)17/h4-6,8H,7H2,1-3H3,(H,13,15). The van der Waals surface area contributed by atoms with E-state index in [1.807, 2.05) is 20.1 Å². The average Bonchev–Trinajstić information content (AvgIpc) is 2.37. The van der Waals surface area contributed by atoms with Gasteiger partial charge in [-0.3, -0.25) is 19.7 Å². The molecule has 0 aromatic heterocycles. The first-order chi connectivity index (χ1) is 8.95. The molecule has 0 aliphatic carbocycles. The zero-order chi connectivity index (χ0) is 14.4. The maximum Gasteiger partial charge on any atom is 0.282 e. The second-order valence-corrected chi connectivity index (χ2v) is 5.16. The second-order valence-electron chi connectivity index (χ2n) is 4.28. The monoisotopic (exact) mass is 284 g/mol. The number of nitrogens with zero attached hydrogens (tertiary/aromatic N) is 1. The lowest BCUT2D eigenvalue weighted by molar-refractivity contribution is -0.385. The van der Waals surface area contributed by atoms with Gasteiger partial charge >= 0.3 is 0 Å².